The Labute approximate surface area is 394 Å². The highest BCUT2D eigenvalue weighted by Crippen LogP contribution is 2.23. The summed E-state index contributed by atoms with van der Waals surface area (Å²) in [5.74, 6) is -0.186. The molecule has 1 heterocycles. The Kier molecular flexibility index (Phi) is 43.1. The predicted molar refractivity (Wildman–Crippen MR) is 267 cm³/mol. The summed E-state index contributed by atoms with van der Waals surface area (Å²) < 4.78 is 11.2. The van der Waals surface area contributed by atoms with Crippen LogP contribution in [0, 0.1) is 0 Å². The lowest BCUT2D eigenvalue weighted by Crippen LogP contribution is -2.60. The summed E-state index contributed by atoms with van der Waals surface area (Å²) in [7, 11) is 0. The Morgan fingerprint density at radius 3 is 1.31 bits per heavy atom. The van der Waals surface area contributed by atoms with Crippen LogP contribution >= 0.6 is 0 Å². The van der Waals surface area contributed by atoms with Gasteiger partial charge in [0.1, 0.15) is 24.4 Å². The van der Waals surface area contributed by atoms with E-state index >= 15 is 0 Å². The van der Waals surface area contributed by atoms with E-state index in [1.807, 2.05) is 6.08 Å². The molecule has 1 aliphatic heterocycles. The zero-order chi connectivity index (χ0) is 46.6. The van der Waals surface area contributed by atoms with Crippen molar-refractivity contribution in [2.75, 3.05) is 13.2 Å². The predicted octanol–water partition coefficient (Wildman–Crippen LogP) is 13.0. The van der Waals surface area contributed by atoms with E-state index in [9.17, 15) is 30.3 Å². The van der Waals surface area contributed by atoms with Crippen molar-refractivity contribution in [3.05, 3.63) is 24.3 Å². The second-order valence-corrected chi connectivity index (χ2v) is 19.4. The maximum Gasteiger partial charge on any atom is 0.220 e. The van der Waals surface area contributed by atoms with Gasteiger partial charge >= 0.3 is 0 Å². The standard InChI is InChI=1S/C55H105NO8/c1-3-5-7-9-11-13-15-16-17-18-19-20-21-22-23-24-25-26-27-28-29-30-31-32-33-35-36-38-40-42-44-49(58)48(47-63-55-54(62)53(61)52(60)50(46-57)64-55)56-51(59)45-43-41-39-37-34-14-12-10-8-6-4-2/h10,12,42,44,48-50,52-55,57-58,60-62H,3-9,11,13-41,43,45-47H2,1-2H3,(H,56,59)/b12-10-,44-42+. The lowest BCUT2D eigenvalue weighted by Gasteiger charge is -2.40. The zero-order valence-corrected chi connectivity index (χ0v) is 41.8. The topological polar surface area (TPSA) is 149 Å². The molecule has 0 saturated carbocycles. The summed E-state index contributed by atoms with van der Waals surface area (Å²) in [6.45, 7) is 3.75. The minimum Gasteiger partial charge on any atom is -0.394 e. The van der Waals surface area contributed by atoms with E-state index in [1.165, 1.54) is 180 Å². The number of aliphatic hydroxyl groups excluding tert-OH is 5. The number of unbranched alkanes of at least 4 members (excludes halogenated alkanes) is 35. The fourth-order valence-corrected chi connectivity index (χ4v) is 8.85. The van der Waals surface area contributed by atoms with Crippen LogP contribution in [0.3, 0.4) is 0 Å². The van der Waals surface area contributed by atoms with Crippen LogP contribution in [0.5, 0.6) is 0 Å². The smallest absolute Gasteiger partial charge is 0.220 e. The molecular weight excluding hydrogens is 803 g/mol. The maximum absolute atomic E-state index is 12.9. The van der Waals surface area contributed by atoms with Gasteiger partial charge in [0.05, 0.1) is 25.4 Å². The normalized spacial score (nSPS) is 20.1. The third-order valence-corrected chi connectivity index (χ3v) is 13.3. The number of nitrogens with one attached hydrogen (secondary N) is 1. The highest BCUT2D eigenvalue weighted by Gasteiger charge is 2.44. The van der Waals surface area contributed by atoms with E-state index in [4.69, 9.17) is 9.47 Å². The molecule has 9 nitrogen and oxygen atoms in total. The molecule has 0 aromatic heterocycles. The summed E-state index contributed by atoms with van der Waals surface area (Å²) in [6, 6.07) is -0.806. The maximum atomic E-state index is 12.9. The molecule has 6 N–H and O–H groups in total. The van der Waals surface area contributed by atoms with Crippen LogP contribution in [-0.2, 0) is 14.3 Å². The Morgan fingerprint density at radius 1 is 0.516 bits per heavy atom. The van der Waals surface area contributed by atoms with E-state index in [1.54, 1.807) is 6.08 Å². The zero-order valence-electron chi connectivity index (χ0n) is 41.8. The first-order valence-electron chi connectivity index (χ1n) is 27.6. The minimum absolute atomic E-state index is 0.186. The Morgan fingerprint density at radius 2 is 0.891 bits per heavy atom. The van der Waals surface area contributed by atoms with Crippen molar-refractivity contribution in [3.8, 4) is 0 Å². The molecule has 1 amide bonds. The molecule has 1 saturated heterocycles. The fourth-order valence-electron chi connectivity index (χ4n) is 8.85. The van der Waals surface area contributed by atoms with Gasteiger partial charge in [-0.2, -0.15) is 0 Å². The van der Waals surface area contributed by atoms with Gasteiger partial charge in [-0.15, -0.1) is 0 Å². The second-order valence-electron chi connectivity index (χ2n) is 19.4. The third kappa shape index (κ3) is 34.9. The number of carbonyl (C=O) groups excluding carboxylic acids is 1. The molecule has 0 aromatic rings. The molecule has 1 aliphatic rings. The average Bonchev–Trinajstić information content (AvgIpc) is 3.29. The summed E-state index contributed by atoms with van der Waals surface area (Å²) >= 11 is 0. The lowest BCUT2D eigenvalue weighted by atomic mass is 9.99. The number of allylic oxidation sites excluding steroid dienone is 3. The Hall–Kier alpha value is -1.33. The summed E-state index contributed by atoms with van der Waals surface area (Å²) in [5, 5.41) is 54.3. The van der Waals surface area contributed by atoms with Crippen molar-refractivity contribution in [2.45, 2.75) is 307 Å². The van der Waals surface area contributed by atoms with Crippen LogP contribution in [0.25, 0.3) is 0 Å². The SMILES string of the molecule is CCCC/C=C\CCCCCCCC(=O)NC(COC1OC(CO)C(O)C(O)C1O)C(O)/C=C/CCCCCCCCCCCCCCCCCCCCCCCCCCCCCC. The van der Waals surface area contributed by atoms with Gasteiger partial charge in [0.15, 0.2) is 6.29 Å². The second kappa shape index (κ2) is 45.5. The first kappa shape index (κ1) is 60.7. The quantitative estimate of drug-likeness (QED) is 0.0261. The van der Waals surface area contributed by atoms with Crippen molar-refractivity contribution < 1.29 is 39.8 Å². The highest BCUT2D eigenvalue weighted by molar-refractivity contribution is 5.76. The largest absolute Gasteiger partial charge is 0.394 e. The highest BCUT2D eigenvalue weighted by atomic mass is 16.7. The van der Waals surface area contributed by atoms with Crippen molar-refractivity contribution >= 4 is 5.91 Å². The van der Waals surface area contributed by atoms with Gasteiger partial charge < -0.3 is 40.3 Å². The molecule has 0 aliphatic carbocycles. The molecule has 7 unspecified atom stereocenters. The van der Waals surface area contributed by atoms with Gasteiger partial charge in [-0.05, 0) is 38.5 Å². The average molecular weight is 908 g/mol. The molecule has 0 aromatic carbocycles. The van der Waals surface area contributed by atoms with E-state index in [0.29, 0.717) is 6.42 Å². The monoisotopic (exact) mass is 908 g/mol. The van der Waals surface area contributed by atoms with Crippen LogP contribution in [0.4, 0.5) is 0 Å². The van der Waals surface area contributed by atoms with Crippen LogP contribution in [0.15, 0.2) is 24.3 Å². The van der Waals surface area contributed by atoms with Crippen molar-refractivity contribution in [2.24, 2.45) is 0 Å². The van der Waals surface area contributed by atoms with Gasteiger partial charge in [-0.1, -0.05) is 244 Å². The number of hydrogen-bond acceptors (Lipinski definition) is 8. The van der Waals surface area contributed by atoms with Crippen molar-refractivity contribution in [1.82, 2.24) is 5.32 Å². The van der Waals surface area contributed by atoms with Crippen molar-refractivity contribution in [3.63, 3.8) is 0 Å². The molecular formula is C55H105NO8. The minimum atomic E-state index is -1.57. The molecule has 1 rings (SSSR count). The van der Waals surface area contributed by atoms with Gasteiger partial charge in [0.2, 0.25) is 5.91 Å². The van der Waals surface area contributed by atoms with Crippen LogP contribution in [-0.4, -0.2) is 87.5 Å². The molecule has 7 atom stereocenters. The van der Waals surface area contributed by atoms with Crippen LogP contribution < -0.4 is 5.32 Å². The summed E-state index contributed by atoms with van der Waals surface area (Å²) in [5.41, 5.74) is 0. The van der Waals surface area contributed by atoms with Gasteiger partial charge in [-0.25, -0.2) is 0 Å². The Bertz CT molecular complexity index is 1060. The first-order chi connectivity index (χ1) is 31.3. The molecule has 378 valence electrons. The van der Waals surface area contributed by atoms with Crippen LogP contribution in [0.1, 0.15) is 264 Å². The van der Waals surface area contributed by atoms with Gasteiger partial charge in [0, 0.05) is 6.42 Å². The number of carbonyl (C=O) groups is 1. The van der Waals surface area contributed by atoms with E-state index in [-0.39, 0.29) is 12.5 Å². The molecule has 64 heavy (non-hydrogen) atoms. The van der Waals surface area contributed by atoms with E-state index in [2.05, 4.69) is 31.3 Å². The summed E-state index contributed by atoms with van der Waals surface area (Å²) in [4.78, 5) is 12.9. The number of amides is 1. The van der Waals surface area contributed by atoms with Gasteiger partial charge in [-0.3, -0.25) is 4.79 Å². The molecule has 9 heteroatoms. The summed E-state index contributed by atoms with van der Waals surface area (Å²) in [6.07, 6.45) is 49.8. The van der Waals surface area contributed by atoms with Crippen molar-refractivity contribution in [1.29, 1.82) is 0 Å². The van der Waals surface area contributed by atoms with E-state index in [0.717, 1.165) is 64.2 Å². The third-order valence-electron chi connectivity index (χ3n) is 13.3. The number of ether oxygens (including phenoxy) is 2. The first-order valence-corrected chi connectivity index (χ1v) is 27.6. The number of rotatable bonds is 47. The van der Waals surface area contributed by atoms with Gasteiger partial charge in [0.25, 0.3) is 0 Å². The molecule has 0 bridgehead atoms. The molecule has 0 radical (unpaired) electrons. The van der Waals surface area contributed by atoms with Crippen LogP contribution in [0.2, 0.25) is 0 Å². The Balaban J connectivity index is 2.15. The number of aliphatic hydroxyl groups is 5. The molecule has 1 fully saturated rings. The number of hydrogen-bond donors (Lipinski definition) is 6. The molecule has 0 spiro atoms. The van der Waals surface area contributed by atoms with E-state index < -0.39 is 49.5 Å². The fraction of sp³-hybridized carbons (Fsp3) is 0.909. The lowest BCUT2D eigenvalue weighted by molar-refractivity contribution is -0.302.